The molecule has 0 aliphatic carbocycles. The van der Waals surface area contributed by atoms with E-state index in [1.807, 2.05) is 11.7 Å². The molecule has 0 unspecified atom stereocenters. The van der Waals surface area contributed by atoms with E-state index in [9.17, 15) is 0 Å². The topological polar surface area (TPSA) is 12.9 Å². The molecule has 0 N–H and O–H groups in total. The Morgan fingerprint density at radius 1 is 1.19 bits per heavy atom. The summed E-state index contributed by atoms with van der Waals surface area (Å²) in [7, 11) is 0. The molecular formula is C14H17NS. The van der Waals surface area contributed by atoms with E-state index in [-0.39, 0.29) is 5.41 Å². The Labute approximate surface area is 101 Å². The minimum atomic E-state index is 0.233. The average Bonchev–Trinajstić information content (AvgIpc) is 2.82. The van der Waals surface area contributed by atoms with Gasteiger partial charge in [0.25, 0.3) is 0 Å². The highest BCUT2D eigenvalue weighted by Gasteiger charge is 2.21. The fourth-order valence-corrected chi connectivity index (χ4v) is 2.55. The Hall–Kier alpha value is -1.15. The van der Waals surface area contributed by atoms with Crippen LogP contribution in [0.2, 0.25) is 0 Å². The van der Waals surface area contributed by atoms with Gasteiger partial charge in [-0.15, -0.1) is 11.3 Å². The number of hydrogen-bond donors (Lipinski definition) is 0. The third kappa shape index (κ3) is 2.70. The summed E-state index contributed by atoms with van der Waals surface area (Å²) in [5, 5.41) is 0. The van der Waals surface area contributed by atoms with Crippen molar-refractivity contribution >= 4 is 11.3 Å². The monoisotopic (exact) mass is 231 g/mol. The smallest absolute Gasteiger partial charge is 0.0794 e. The number of aromatic nitrogens is 1. The van der Waals surface area contributed by atoms with Gasteiger partial charge in [0.1, 0.15) is 0 Å². The van der Waals surface area contributed by atoms with Gasteiger partial charge in [-0.05, 0) is 18.4 Å². The molecule has 1 aromatic carbocycles. The Morgan fingerprint density at radius 3 is 2.56 bits per heavy atom. The van der Waals surface area contributed by atoms with Crippen LogP contribution in [0.1, 0.15) is 30.7 Å². The van der Waals surface area contributed by atoms with Crippen LogP contribution in [0.5, 0.6) is 0 Å². The number of nitrogens with zero attached hydrogens (tertiary/aromatic N) is 1. The molecule has 2 heteroatoms. The quantitative estimate of drug-likeness (QED) is 0.773. The van der Waals surface area contributed by atoms with Crippen LogP contribution in [0.4, 0.5) is 0 Å². The molecule has 0 aliphatic heterocycles. The van der Waals surface area contributed by atoms with E-state index >= 15 is 0 Å². The highest BCUT2D eigenvalue weighted by atomic mass is 32.1. The first-order valence-corrected chi connectivity index (χ1v) is 6.49. The molecule has 0 spiro atoms. The second kappa shape index (κ2) is 4.79. The van der Waals surface area contributed by atoms with E-state index in [1.165, 1.54) is 16.9 Å². The fraction of sp³-hybridized carbons (Fsp3) is 0.357. The van der Waals surface area contributed by atoms with Crippen molar-refractivity contribution in [3.05, 3.63) is 52.5 Å². The molecule has 0 saturated carbocycles. The Bertz CT molecular complexity index is 417. The molecule has 0 radical (unpaired) electrons. The van der Waals surface area contributed by atoms with Crippen LogP contribution in [-0.4, -0.2) is 4.98 Å². The van der Waals surface area contributed by atoms with E-state index in [0.29, 0.717) is 0 Å². The Kier molecular flexibility index (Phi) is 3.39. The highest BCUT2D eigenvalue weighted by molar-refractivity contribution is 7.09. The summed E-state index contributed by atoms with van der Waals surface area (Å²) in [6, 6.07) is 10.7. The zero-order valence-electron chi connectivity index (χ0n) is 9.81. The SMILES string of the molecule is CC(C)(CCc1ccccc1)c1cncs1. The number of rotatable bonds is 4. The number of benzene rings is 1. The minimum absolute atomic E-state index is 0.233. The van der Waals surface area contributed by atoms with Gasteiger partial charge in [0.05, 0.1) is 5.51 Å². The summed E-state index contributed by atoms with van der Waals surface area (Å²) in [5.74, 6) is 0. The molecule has 0 atom stereocenters. The summed E-state index contributed by atoms with van der Waals surface area (Å²) in [6.45, 7) is 4.59. The second-order valence-electron chi connectivity index (χ2n) is 4.74. The first-order chi connectivity index (χ1) is 7.68. The summed E-state index contributed by atoms with van der Waals surface area (Å²) in [6.07, 6.45) is 4.29. The molecule has 16 heavy (non-hydrogen) atoms. The largest absolute Gasteiger partial charge is 0.253 e. The Balaban J connectivity index is 2.00. The lowest BCUT2D eigenvalue weighted by Crippen LogP contribution is -2.16. The van der Waals surface area contributed by atoms with Crippen molar-refractivity contribution in [2.75, 3.05) is 0 Å². The third-order valence-electron chi connectivity index (χ3n) is 2.98. The second-order valence-corrected chi connectivity index (χ2v) is 5.62. The zero-order valence-corrected chi connectivity index (χ0v) is 10.6. The summed E-state index contributed by atoms with van der Waals surface area (Å²) < 4.78 is 0. The van der Waals surface area contributed by atoms with Crippen molar-refractivity contribution < 1.29 is 0 Å². The molecule has 1 nitrogen and oxygen atoms in total. The van der Waals surface area contributed by atoms with Gasteiger partial charge in [-0.25, -0.2) is 0 Å². The van der Waals surface area contributed by atoms with Crippen molar-refractivity contribution in [3.8, 4) is 0 Å². The van der Waals surface area contributed by atoms with E-state index in [2.05, 4.69) is 49.2 Å². The zero-order chi connectivity index (χ0) is 11.4. The fourth-order valence-electron chi connectivity index (χ4n) is 1.77. The first kappa shape index (κ1) is 11.3. The van der Waals surface area contributed by atoms with Crippen LogP contribution in [0.15, 0.2) is 42.0 Å². The van der Waals surface area contributed by atoms with Crippen LogP contribution in [0, 0.1) is 0 Å². The molecule has 0 amide bonds. The highest BCUT2D eigenvalue weighted by Crippen LogP contribution is 2.30. The van der Waals surface area contributed by atoms with Gasteiger partial charge in [0, 0.05) is 16.5 Å². The molecule has 2 aromatic rings. The molecule has 1 heterocycles. The van der Waals surface area contributed by atoms with Crippen LogP contribution in [0.3, 0.4) is 0 Å². The molecule has 0 bridgehead atoms. The molecular weight excluding hydrogens is 214 g/mol. The molecule has 2 rings (SSSR count). The lowest BCUT2D eigenvalue weighted by atomic mass is 9.85. The summed E-state index contributed by atoms with van der Waals surface area (Å²) in [4.78, 5) is 5.54. The van der Waals surface area contributed by atoms with E-state index < -0.39 is 0 Å². The average molecular weight is 231 g/mol. The van der Waals surface area contributed by atoms with Gasteiger partial charge < -0.3 is 0 Å². The van der Waals surface area contributed by atoms with Gasteiger partial charge in [-0.2, -0.15) is 0 Å². The Morgan fingerprint density at radius 2 is 1.94 bits per heavy atom. The van der Waals surface area contributed by atoms with Gasteiger partial charge in [0.2, 0.25) is 0 Å². The first-order valence-electron chi connectivity index (χ1n) is 5.61. The predicted octanol–water partition coefficient (Wildman–Crippen LogP) is 4.05. The van der Waals surface area contributed by atoms with E-state index in [0.717, 1.165) is 6.42 Å². The van der Waals surface area contributed by atoms with E-state index in [4.69, 9.17) is 0 Å². The molecule has 84 valence electrons. The van der Waals surface area contributed by atoms with Crippen LogP contribution in [0.25, 0.3) is 0 Å². The van der Waals surface area contributed by atoms with Crippen molar-refractivity contribution in [3.63, 3.8) is 0 Å². The standard InChI is InChI=1S/C14H17NS/c1-14(2,13-10-15-11-16-13)9-8-12-6-4-3-5-7-12/h3-7,10-11H,8-9H2,1-2H3. The van der Waals surface area contributed by atoms with Crippen molar-refractivity contribution in [2.45, 2.75) is 32.1 Å². The maximum atomic E-state index is 4.16. The lowest BCUT2D eigenvalue weighted by Gasteiger charge is -2.22. The van der Waals surface area contributed by atoms with Crippen molar-refractivity contribution in [1.29, 1.82) is 0 Å². The van der Waals surface area contributed by atoms with Gasteiger partial charge in [-0.1, -0.05) is 44.2 Å². The molecule has 0 fully saturated rings. The van der Waals surface area contributed by atoms with Crippen LogP contribution in [-0.2, 0) is 11.8 Å². The molecule has 0 aliphatic rings. The number of aryl methyl sites for hydroxylation is 1. The number of thiazole rings is 1. The molecule has 0 saturated heterocycles. The number of hydrogen-bond acceptors (Lipinski definition) is 2. The maximum Gasteiger partial charge on any atom is 0.0794 e. The van der Waals surface area contributed by atoms with Crippen LogP contribution >= 0.6 is 11.3 Å². The van der Waals surface area contributed by atoms with Gasteiger partial charge in [-0.3, -0.25) is 4.98 Å². The predicted molar refractivity (Wildman–Crippen MR) is 69.9 cm³/mol. The van der Waals surface area contributed by atoms with Crippen LogP contribution < -0.4 is 0 Å². The van der Waals surface area contributed by atoms with Gasteiger partial charge in [0.15, 0.2) is 0 Å². The lowest BCUT2D eigenvalue weighted by molar-refractivity contribution is 0.488. The molecule has 1 aromatic heterocycles. The third-order valence-corrected chi connectivity index (χ3v) is 4.12. The summed E-state index contributed by atoms with van der Waals surface area (Å²) >= 11 is 1.75. The van der Waals surface area contributed by atoms with Gasteiger partial charge >= 0.3 is 0 Å². The maximum absolute atomic E-state index is 4.16. The summed E-state index contributed by atoms with van der Waals surface area (Å²) in [5.41, 5.74) is 3.57. The normalized spacial score (nSPS) is 11.6. The minimum Gasteiger partial charge on any atom is -0.253 e. The van der Waals surface area contributed by atoms with Crippen molar-refractivity contribution in [2.24, 2.45) is 0 Å². The van der Waals surface area contributed by atoms with Crippen molar-refractivity contribution in [1.82, 2.24) is 4.98 Å². The van der Waals surface area contributed by atoms with E-state index in [1.54, 1.807) is 11.3 Å².